The number of carbonyl (C=O) groups is 1. The monoisotopic (exact) mass is 435 g/mol. The van der Waals surface area contributed by atoms with E-state index in [-0.39, 0.29) is 17.7 Å². The normalized spacial score (nSPS) is 16.1. The summed E-state index contributed by atoms with van der Waals surface area (Å²) in [6.07, 6.45) is 3.70. The van der Waals surface area contributed by atoms with Crippen molar-refractivity contribution in [3.05, 3.63) is 93.7 Å². The molecule has 140 valence electrons. The smallest absolute Gasteiger partial charge is 0.274 e. The number of pyridine rings is 1. The predicted octanol–water partition coefficient (Wildman–Crippen LogP) is 4.85. The van der Waals surface area contributed by atoms with Crippen molar-refractivity contribution in [3.8, 4) is 5.75 Å². The van der Waals surface area contributed by atoms with E-state index in [0.717, 1.165) is 15.6 Å². The SMILES string of the molecule is Cc1ccc([C@H]2CC(c3cc(Br)ccc3O)=NN2C(=O)c2ccncc2)cc1. The lowest BCUT2D eigenvalue weighted by Gasteiger charge is -2.22. The average molecular weight is 436 g/mol. The van der Waals surface area contributed by atoms with E-state index in [2.05, 4.69) is 26.0 Å². The van der Waals surface area contributed by atoms with Gasteiger partial charge in [0, 0.05) is 34.4 Å². The third kappa shape index (κ3) is 3.55. The first-order chi connectivity index (χ1) is 13.5. The number of carbonyl (C=O) groups excluding carboxylic acids is 1. The molecule has 2 heterocycles. The molecule has 0 spiro atoms. The van der Waals surface area contributed by atoms with Gasteiger partial charge < -0.3 is 5.11 Å². The third-order valence-electron chi connectivity index (χ3n) is 4.78. The zero-order valence-corrected chi connectivity index (χ0v) is 16.8. The van der Waals surface area contributed by atoms with E-state index in [0.29, 0.717) is 23.3 Å². The molecule has 1 N–H and O–H groups in total. The van der Waals surface area contributed by atoms with E-state index >= 15 is 0 Å². The van der Waals surface area contributed by atoms with E-state index in [1.807, 2.05) is 37.3 Å². The van der Waals surface area contributed by atoms with Crippen molar-refractivity contribution in [2.75, 3.05) is 0 Å². The molecule has 0 fully saturated rings. The fourth-order valence-corrected chi connectivity index (χ4v) is 3.64. The lowest BCUT2D eigenvalue weighted by Crippen LogP contribution is -2.27. The number of aryl methyl sites for hydroxylation is 1. The van der Waals surface area contributed by atoms with Crippen LogP contribution in [0.3, 0.4) is 0 Å². The number of phenols is 1. The molecule has 0 bridgehead atoms. The summed E-state index contributed by atoms with van der Waals surface area (Å²) in [6.45, 7) is 2.03. The Labute approximate surface area is 171 Å². The highest BCUT2D eigenvalue weighted by Crippen LogP contribution is 2.36. The van der Waals surface area contributed by atoms with Crippen molar-refractivity contribution in [2.45, 2.75) is 19.4 Å². The number of nitrogens with zero attached hydrogens (tertiary/aromatic N) is 3. The van der Waals surface area contributed by atoms with Gasteiger partial charge in [-0.2, -0.15) is 5.10 Å². The highest BCUT2D eigenvalue weighted by atomic mass is 79.9. The van der Waals surface area contributed by atoms with Gasteiger partial charge >= 0.3 is 0 Å². The summed E-state index contributed by atoms with van der Waals surface area (Å²) in [4.78, 5) is 17.1. The van der Waals surface area contributed by atoms with Gasteiger partial charge in [-0.25, -0.2) is 5.01 Å². The molecular weight excluding hydrogens is 418 g/mol. The first kappa shape index (κ1) is 18.4. The minimum atomic E-state index is -0.241. The Morgan fingerprint density at radius 3 is 2.54 bits per heavy atom. The van der Waals surface area contributed by atoms with Crippen molar-refractivity contribution in [2.24, 2.45) is 5.10 Å². The Morgan fingerprint density at radius 1 is 1.11 bits per heavy atom. The maximum atomic E-state index is 13.1. The van der Waals surface area contributed by atoms with E-state index in [1.54, 1.807) is 36.7 Å². The van der Waals surface area contributed by atoms with Gasteiger partial charge in [0.05, 0.1) is 11.8 Å². The summed E-state index contributed by atoms with van der Waals surface area (Å²) in [6, 6.07) is 16.4. The molecule has 0 aliphatic carbocycles. The molecule has 0 unspecified atom stereocenters. The van der Waals surface area contributed by atoms with Crippen LogP contribution >= 0.6 is 15.9 Å². The van der Waals surface area contributed by atoms with Crippen LogP contribution in [0.25, 0.3) is 0 Å². The number of hydrogen-bond acceptors (Lipinski definition) is 4. The van der Waals surface area contributed by atoms with Gasteiger partial charge in [-0.1, -0.05) is 45.8 Å². The van der Waals surface area contributed by atoms with E-state index < -0.39 is 0 Å². The fraction of sp³-hybridized carbons (Fsp3) is 0.136. The minimum absolute atomic E-state index is 0.141. The van der Waals surface area contributed by atoms with Crippen molar-refractivity contribution < 1.29 is 9.90 Å². The molecule has 5 nitrogen and oxygen atoms in total. The van der Waals surface area contributed by atoms with Crippen LogP contribution < -0.4 is 0 Å². The minimum Gasteiger partial charge on any atom is -0.507 e. The summed E-state index contributed by atoms with van der Waals surface area (Å²) in [5, 5.41) is 16.4. The maximum Gasteiger partial charge on any atom is 0.274 e. The second-order valence-electron chi connectivity index (χ2n) is 6.72. The first-order valence-corrected chi connectivity index (χ1v) is 9.69. The third-order valence-corrected chi connectivity index (χ3v) is 5.27. The Balaban J connectivity index is 1.77. The van der Waals surface area contributed by atoms with Crippen LogP contribution in [-0.2, 0) is 0 Å². The van der Waals surface area contributed by atoms with E-state index in [1.165, 1.54) is 5.01 Å². The second-order valence-corrected chi connectivity index (χ2v) is 7.64. The standard InChI is InChI=1S/C22H18BrN3O2/c1-14-2-4-15(5-3-14)20-13-19(18-12-17(23)6-7-21(18)27)25-26(20)22(28)16-8-10-24-11-9-16/h2-12,20,27H,13H2,1H3/t20-/m1/s1. The van der Waals surface area contributed by atoms with Crippen molar-refractivity contribution >= 4 is 27.5 Å². The molecule has 0 radical (unpaired) electrons. The van der Waals surface area contributed by atoms with Crippen LogP contribution in [0.15, 0.2) is 76.6 Å². The van der Waals surface area contributed by atoms with Crippen molar-refractivity contribution in [1.82, 2.24) is 9.99 Å². The summed E-state index contributed by atoms with van der Waals surface area (Å²) in [7, 11) is 0. The van der Waals surface area contributed by atoms with Crippen LogP contribution in [0.4, 0.5) is 0 Å². The molecule has 1 amide bonds. The zero-order valence-electron chi connectivity index (χ0n) is 15.2. The van der Waals surface area contributed by atoms with E-state index in [4.69, 9.17) is 0 Å². The van der Waals surface area contributed by atoms with Gasteiger partial charge in [0.1, 0.15) is 5.75 Å². The van der Waals surface area contributed by atoms with Crippen molar-refractivity contribution in [1.29, 1.82) is 0 Å². The summed E-state index contributed by atoms with van der Waals surface area (Å²) in [5.41, 5.74) is 3.97. The number of hydrogen-bond donors (Lipinski definition) is 1. The largest absolute Gasteiger partial charge is 0.507 e. The van der Waals surface area contributed by atoms with Gasteiger partial charge in [0.15, 0.2) is 0 Å². The summed E-state index contributed by atoms with van der Waals surface area (Å²) < 4.78 is 0.841. The Morgan fingerprint density at radius 2 is 1.82 bits per heavy atom. The number of aromatic nitrogens is 1. The molecule has 1 aliphatic rings. The molecule has 6 heteroatoms. The number of hydrazone groups is 1. The summed E-state index contributed by atoms with van der Waals surface area (Å²) >= 11 is 3.44. The van der Waals surface area contributed by atoms with Gasteiger partial charge in [0.25, 0.3) is 5.91 Å². The van der Waals surface area contributed by atoms with Gasteiger partial charge in [-0.15, -0.1) is 0 Å². The highest BCUT2D eigenvalue weighted by Gasteiger charge is 2.34. The van der Waals surface area contributed by atoms with Crippen LogP contribution in [-0.4, -0.2) is 26.7 Å². The molecule has 1 aliphatic heterocycles. The molecule has 0 saturated heterocycles. The summed E-state index contributed by atoms with van der Waals surface area (Å²) in [5.74, 6) is -0.0553. The quantitative estimate of drug-likeness (QED) is 0.639. The Bertz CT molecular complexity index is 1050. The van der Waals surface area contributed by atoms with Crippen LogP contribution in [0.2, 0.25) is 0 Å². The Hall–Kier alpha value is -2.99. The zero-order chi connectivity index (χ0) is 19.7. The average Bonchev–Trinajstić information content (AvgIpc) is 3.15. The Kier molecular flexibility index (Phi) is 4.96. The second kappa shape index (κ2) is 7.56. The molecule has 1 aromatic heterocycles. The molecule has 4 rings (SSSR count). The molecular formula is C22H18BrN3O2. The number of aromatic hydroxyl groups is 1. The number of halogens is 1. The first-order valence-electron chi connectivity index (χ1n) is 8.89. The highest BCUT2D eigenvalue weighted by molar-refractivity contribution is 9.10. The van der Waals surface area contributed by atoms with E-state index in [9.17, 15) is 9.90 Å². The topological polar surface area (TPSA) is 65.8 Å². The molecule has 3 aromatic rings. The number of benzene rings is 2. The number of rotatable bonds is 3. The molecule has 2 aromatic carbocycles. The van der Waals surface area contributed by atoms with Crippen LogP contribution in [0.1, 0.15) is 39.5 Å². The van der Waals surface area contributed by atoms with Crippen LogP contribution in [0, 0.1) is 6.92 Å². The molecule has 0 saturated carbocycles. The molecule has 1 atom stereocenters. The van der Waals surface area contributed by atoms with Crippen LogP contribution in [0.5, 0.6) is 5.75 Å². The number of phenolic OH excluding ortho intramolecular Hbond substituents is 1. The van der Waals surface area contributed by atoms with Gasteiger partial charge in [-0.3, -0.25) is 9.78 Å². The number of amides is 1. The predicted molar refractivity (Wildman–Crippen MR) is 111 cm³/mol. The lowest BCUT2D eigenvalue weighted by molar-refractivity contribution is 0.0711. The van der Waals surface area contributed by atoms with Crippen molar-refractivity contribution in [3.63, 3.8) is 0 Å². The lowest BCUT2D eigenvalue weighted by atomic mass is 9.97. The molecule has 28 heavy (non-hydrogen) atoms. The maximum absolute atomic E-state index is 13.1. The fourth-order valence-electron chi connectivity index (χ4n) is 3.27. The van der Waals surface area contributed by atoms with Gasteiger partial charge in [-0.05, 0) is 42.8 Å². The van der Waals surface area contributed by atoms with Gasteiger partial charge in [0.2, 0.25) is 0 Å².